The van der Waals surface area contributed by atoms with Crippen LogP contribution in [0.2, 0.25) is 5.15 Å². The smallest absolute Gasteiger partial charge is 0.240 e. The van der Waals surface area contributed by atoms with Gasteiger partial charge in [-0.3, -0.25) is 0 Å². The minimum Gasteiger partial charge on any atom is -0.244 e. The molecular formula is C10H13ClN2O2S2. The summed E-state index contributed by atoms with van der Waals surface area (Å²) in [6.45, 7) is 0. The first-order valence-electron chi connectivity index (χ1n) is 5.29. The number of thioether (sulfide) groups is 1. The zero-order valence-corrected chi connectivity index (χ0v) is 11.5. The highest BCUT2D eigenvalue weighted by atomic mass is 35.5. The zero-order valence-electron chi connectivity index (χ0n) is 9.10. The molecule has 1 aliphatic heterocycles. The molecule has 0 unspecified atom stereocenters. The van der Waals surface area contributed by atoms with Crippen LogP contribution >= 0.6 is 23.4 Å². The van der Waals surface area contributed by atoms with E-state index in [0.29, 0.717) is 0 Å². The number of hydrogen-bond acceptors (Lipinski definition) is 4. The fourth-order valence-electron chi connectivity index (χ4n) is 1.65. The molecule has 0 amide bonds. The molecule has 17 heavy (non-hydrogen) atoms. The van der Waals surface area contributed by atoms with Gasteiger partial charge in [-0.15, -0.1) is 0 Å². The van der Waals surface area contributed by atoms with Crippen molar-refractivity contribution < 1.29 is 8.42 Å². The van der Waals surface area contributed by atoms with E-state index in [1.165, 1.54) is 18.3 Å². The van der Waals surface area contributed by atoms with Gasteiger partial charge in [0.05, 0.1) is 4.90 Å². The number of hydrogen-bond donors (Lipinski definition) is 1. The topological polar surface area (TPSA) is 59.1 Å². The van der Waals surface area contributed by atoms with Crippen LogP contribution in [0, 0.1) is 0 Å². The summed E-state index contributed by atoms with van der Waals surface area (Å²) in [5, 5.41) is 0.187. The molecule has 1 N–H and O–H groups in total. The number of rotatable bonds is 3. The average molecular weight is 293 g/mol. The summed E-state index contributed by atoms with van der Waals surface area (Å²) in [5.41, 5.74) is 0. The van der Waals surface area contributed by atoms with Crippen molar-refractivity contribution in [3.8, 4) is 0 Å². The Hall–Kier alpha value is -0.300. The number of halogens is 1. The van der Waals surface area contributed by atoms with Gasteiger partial charge in [-0.25, -0.2) is 18.1 Å². The summed E-state index contributed by atoms with van der Waals surface area (Å²) >= 11 is 7.54. The maximum atomic E-state index is 12.0. The Morgan fingerprint density at radius 2 is 2.12 bits per heavy atom. The number of aromatic nitrogens is 1. The van der Waals surface area contributed by atoms with Gasteiger partial charge in [0.2, 0.25) is 10.0 Å². The Balaban J connectivity index is 2.13. The van der Waals surface area contributed by atoms with Crippen molar-refractivity contribution in [2.75, 3.05) is 11.5 Å². The lowest BCUT2D eigenvalue weighted by atomic mass is 10.2. The fourth-order valence-corrected chi connectivity index (χ4v) is 4.32. The van der Waals surface area contributed by atoms with Crippen LogP contribution in [0.3, 0.4) is 0 Å². The second kappa shape index (κ2) is 5.56. The van der Waals surface area contributed by atoms with Crippen LogP contribution in [0.15, 0.2) is 23.2 Å². The minimum atomic E-state index is -3.47. The van der Waals surface area contributed by atoms with Gasteiger partial charge in [0.25, 0.3) is 0 Å². The summed E-state index contributed by atoms with van der Waals surface area (Å²) in [5.74, 6) is 2.01. The quantitative estimate of drug-likeness (QED) is 0.865. The van der Waals surface area contributed by atoms with E-state index in [9.17, 15) is 8.42 Å². The minimum absolute atomic E-state index is 0.0354. The molecule has 94 valence electrons. The van der Waals surface area contributed by atoms with Gasteiger partial charge >= 0.3 is 0 Å². The predicted molar refractivity (Wildman–Crippen MR) is 69.9 cm³/mol. The van der Waals surface area contributed by atoms with Gasteiger partial charge in [-0.05, 0) is 36.5 Å². The van der Waals surface area contributed by atoms with Crippen molar-refractivity contribution in [3.05, 3.63) is 23.5 Å². The molecule has 0 bridgehead atoms. The highest BCUT2D eigenvalue weighted by Crippen LogP contribution is 2.20. The van der Waals surface area contributed by atoms with Crippen LogP contribution in [0.5, 0.6) is 0 Å². The summed E-state index contributed by atoms with van der Waals surface area (Å²) in [6, 6.07) is 2.85. The normalized spacial score (nSPS) is 18.2. The number of nitrogens with one attached hydrogen (secondary N) is 1. The monoisotopic (exact) mass is 292 g/mol. The highest BCUT2D eigenvalue weighted by molar-refractivity contribution is 7.99. The lowest BCUT2D eigenvalue weighted by Gasteiger charge is -2.22. The molecule has 1 saturated heterocycles. The van der Waals surface area contributed by atoms with Crippen LogP contribution in [0.4, 0.5) is 0 Å². The van der Waals surface area contributed by atoms with E-state index in [-0.39, 0.29) is 16.1 Å². The number of nitrogens with zero attached hydrogens (tertiary/aromatic N) is 1. The maximum Gasteiger partial charge on any atom is 0.240 e. The van der Waals surface area contributed by atoms with E-state index < -0.39 is 10.0 Å². The second-order valence-corrected chi connectivity index (χ2v) is 7.15. The average Bonchev–Trinajstić information content (AvgIpc) is 2.30. The molecule has 0 aromatic carbocycles. The first-order chi connectivity index (χ1) is 8.08. The molecule has 1 aromatic heterocycles. The van der Waals surface area contributed by atoms with E-state index in [4.69, 9.17) is 11.6 Å². The van der Waals surface area contributed by atoms with E-state index in [1.807, 2.05) is 11.8 Å². The first-order valence-corrected chi connectivity index (χ1v) is 8.31. The summed E-state index contributed by atoms with van der Waals surface area (Å²) < 4.78 is 26.8. The van der Waals surface area contributed by atoms with E-state index in [1.54, 1.807) is 0 Å². The molecule has 1 aliphatic rings. The maximum absolute atomic E-state index is 12.0. The Morgan fingerprint density at radius 1 is 1.41 bits per heavy atom. The van der Waals surface area contributed by atoms with Crippen LogP contribution in [0.25, 0.3) is 0 Å². The van der Waals surface area contributed by atoms with Crippen molar-refractivity contribution in [1.29, 1.82) is 0 Å². The van der Waals surface area contributed by atoms with Gasteiger partial charge in [0.1, 0.15) is 5.15 Å². The third-order valence-electron chi connectivity index (χ3n) is 2.55. The summed E-state index contributed by atoms with van der Waals surface area (Å²) in [6.07, 6.45) is 3.15. The molecule has 7 heteroatoms. The van der Waals surface area contributed by atoms with Crippen molar-refractivity contribution in [1.82, 2.24) is 9.71 Å². The second-order valence-electron chi connectivity index (χ2n) is 3.82. The van der Waals surface area contributed by atoms with Gasteiger partial charge in [0, 0.05) is 12.2 Å². The van der Waals surface area contributed by atoms with E-state index >= 15 is 0 Å². The molecule has 1 fully saturated rings. The molecule has 0 saturated carbocycles. The molecular weight excluding hydrogens is 280 g/mol. The van der Waals surface area contributed by atoms with Crippen LogP contribution < -0.4 is 4.72 Å². The largest absolute Gasteiger partial charge is 0.244 e. The fraction of sp³-hybridized carbons (Fsp3) is 0.500. The molecule has 2 heterocycles. The Labute approximate surface area is 110 Å². The third-order valence-corrected chi connectivity index (χ3v) is 5.33. The Morgan fingerprint density at radius 3 is 2.76 bits per heavy atom. The summed E-state index contributed by atoms with van der Waals surface area (Å²) in [7, 11) is -3.47. The molecule has 4 nitrogen and oxygen atoms in total. The standard InChI is InChI=1S/C10H13ClN2O2S2/c11-10-7-9(1-4-12-10)17(14,15)13-8-2-5-16-6-3-8/h1,4,7-8,13H,2-3,5-6H2. The van der Waals surface area contributed by atoms with Crippen molar-refractivity contribution in [2.45, 2.75) is 23.8 Å². The molecule has 0 spiro atoms. The highest BCUT2D eigenvalue weighted by Gasteiger charge is 2.22. The van der Waals surface area contributed by atoms with Gasteiger partial charge in [0.15, 0.2) is 0 Å². The van der Waals surface area contributed by atoms with Crippen LogP contribution in [0.1, 0.15) is 12.8 Å². The predicted octanol–water partition coefficient (Wildman–Crippen LogP) is 1.91. The van der Waals surface area contributed by atoms with Gasteiger partial charge in [-0.2, -0.15) is 11.8 Å². The third kappa shape index (κ3) is 3.58. The van der Waals surface area contributed by atoms with Crippen molar-refractivity contribution >= 4 is 33.4 Å². The lowest BCUT2D eigenvalue weighted by Crippen LogP contribution is -2.37. The van der Waals surface area contributed by atoms with E-state index in [0.717, 1.165) is 24.3 Å². The van der Waals surface area contributed by atoms with Crippen molar-refractivity contribution in [2.24, 2.45) is 0 Å². The molecule has 0 radical (unpaired) electrons. The molecule has 1 aromatic rings. The lowest BCUT2D eigenvalue weighted by molar-refractivity contribution is 0.529. The van der Waals surface area contributed by atoms with E-state index in [2.05, 4.69) is 9.71 Å². The Kier molecular flexibility index (Phi) is 4.30. The number of sulfonamides is 1. The molecule has 2 rings (SSSR count). The summed E-state index contributed by atoms with van der Waals surface area (Å²) in [4.78, 5) is 3.95. The SMILES string of the molecule is O=S(=O)(NC1CCSCC1)c1ccnc(Cl)c1. The first kappa shape index (κ1) is 13.1. The molecule has 0 atom stereocenters. The van der Waals surface area contributed by atoms with Crippen LogP contribution in [-0.4, -0.2) is 30.9 Å². The van der Waals surface area contributed by atoms with Crippen LogP contribution in [-0.2, 0) is 10.0 Å². The molecule has 0 aliphatic carbocycles. The number of pyridine rings is 1. The van der Waals surface area contributed by atoms with Crippen molar-refractivity contribution in [3.63, 3.8) is 0 Å². The van der Waals surface area contributed by atoms with Gasteiger partial charge < -0.3 is 0 Å². The Bertz CT molecular complexity index is 487. The van der Waals surface area contributed by atoms with Gasteiger partial charge in [-0.1, -0.05) is 11.6 Å². The zero-order chi connectivity index (χ0) is 12.3.